The number of benzene rings is 1. The molecule has 0 aliphatic carbocycles. The third-order valence-electron chi connectivity index (χ3n) is 1.88. The van der Waals surface area contributed by atoms with Crippen molar-refractivity contribution >= 4 is 6.29 Å². The van der Waals surface area contributed by atoms with E-state index in [4.69, 9.17) is 4.74 Å². The number of nitrogens with zero attached hydrogens (tertiary/aromatic N) is 1. The molecule has 3 nitrogen and oxygen atoms in total. The van der Waals surface area contributed by atoms with Gasteiger partial charge in [-0.25, -0.2) is 0 Å². The molecule has 1 aromatic carbocycles. The Kier molecular flexibility index (Phi) is 4.41. The summed E-state index contributed by atoms with van der Waals surface area (Å²) in [6.07, 6.45) is 2.13. The van der Waals surface area contributed by atoms with E-state index < -0.39 is 0 Å². The maximum atomic E-state index is 10.3. The highest BCUT2D eigenvalue weighted by Crippen LogP contribution is 2.06. The number of allylic oxidation sites excluding steroid dienone is 1. The van der Waals surface area contributed by atoms with Gasteiger partial charge in [0.05, 0.1) is 0 Å². The first-order valence-electron chi connectivity index (χ1n) is 4.73. The lowest BCUT2D eigenvalue weighted by Crippen LogP contribution is -2.14. The van der Waals surface area contributed by atoms with E-state index in [-0.39, 0.29) is 0 Å². The van der Waals surface area contributed by atoms with Gasteiger partial charge in [-0.1, -0.05) is 30.3 Å². The Labute approximate surface area is 90.0 Å². The summed E-state index contributed by atoms with van der Waals surface area (Å²) in [4.78, 5) is 12.1. The lowest BCUT2D eigenvalue weighted by atomic mass is 10.2. The molecule has 15 heavy (non-hydrogen) atoms. The molecule has 3 heteroatoms. The number of rotatable bonds is 5. The SMILES string of the molecule is CN(C)C(=CC=O)OCc1ccccc1. The first kappa shape index (κ1) is 11.3. The molecule has 0 spiro atoms. The molecular formula is C12H15NO2. The zero-order valence-electron chi connectivity index (χ0n) is 9.01. The lowest BCUT2D eigenvalue weighted by molar-refractivity contribution is -0.104. The Morgan fingerprint density at radius 1 is 1.33 bits per heavy atom. The number of hydrogen-bond donors (Lipinski definition) is 0. The molecule has 0 bridgehead atoms. The van der Waals surface area contributed by atoms with Crippen molar-refractivity contribution in [3.63, 3.8) is 0 Å². The Hall–Kier alpha value is -1.77. The van der Waals surface area contributed by atoms with Crippen LogP contribution in [0.4, 0.5) is 0 Å². The lowest BCUT2D eigenvalue weighted by Gasteiger charge is -2.17. The van der Waals surface area contributed by atoms with Gasteiger partial charge in [-0.05, 0) is 5.56 Å². The summed E-state index contributed by atoms with van der Waals surface area (Å²) in [5.41, 5.74) is 1.08. The van der Waals surface area contributed by atoms with Gasteiger partial charge in [0.1, 0.15) is 12.9 Å². The Morgan fingerprint density at radius 2 is 2.00 bits per heavy atom. The maximum absolute atomic E-state index is 10.3. The molecule has 0 fully saturated rings. The maximum Gasteiger partial charge on any atom is 0.192 e. The Bertz CT molecular complexity index is 331. The topological polar surface area (TPSA) is 29.5 Å². The van der Waals surface area contributed by atoms with Crippen LogP contribution in [0, 0.1) is 0 Å². The minimum atomic E-state index is 0.471. The van der Waals surface area contributed by atoms with Crippen molar-refractivity contribution in [2.75, 3.05) is 14.1 Å². The van der Waals surface area contributed by atoms with Crippen molar-refractivity contribution in [1.82, 2.24) is 4.90 Å². The second-order valence-corrected chi connectivity index (χ2v) is 3.31. The van der Waals surface area contributed by atoms with Gasteiger partial charge < -0.3 is 9.64 Å². The summed E-state index contributed by atoms with van der Waals surface area (Å²) in [5, 5.41) is 0. The number of aldehydes is 1. The van der Waals surface area contributed by atoms with E-state index in [1.807, 2.05) is 44.4 Å². The summed E-state index contributed by atoms with van der Waals surface area (Å²) in [6, 6.07) is 9.83. The molecule has 80 valence electrons. The molecule has 1 aromatic rings. The predicted octanol–water partition coefficient (Wildman–Crippen LogP) is 1.81. The summed E-state index contributed by atoms with van der Waals surface area (Å²) >= 11 is 0. The molecule has 0 amide bonds. The van der Waals surface area contributed by atoms with Gasteiger partial charge in [-0.3, -0.25) is 4.79 Å². The van der Waals surface area contributed by atoms with E-state index in [1.54, 1.807) is 4.90 Å². The quantitative estimate of drug-likeness (QED) is 0.417. The summed E-state index contributed by atoms with van der Waals surface area (Å²) in [6.45, 7) is 0.471. The first-order chi connectivity index (χ1) is 7.24. The smallest absolute Gasteiger partial charge is 0.192 e. The third kappa shape index (κ3) is 3.85. The van der Waals surface area contributed by atoms with Gasteiger partial charge in [0.2, 0.25) is 0 Å². The van der Waals surface area contributed by atoms with Crippen molar-refractivity contribution in [1.29, 1.82) is 0 Å². The molecule has 0 heterocycles. The predicted molar refractivity (Wildman–Crippen MR) is 59.1 cm³/mol. The molecule has 0 N–H and O–H groups in total. The van der Waals surface area contributed by atoms with Crippen LogP contribution in [0.15, 0.2) is 42.3 Å². The molecule has 0 saturated heterocycles. The van der Waals surface area contributed by atoms with Crippen LogP contribution in [0.1, 0.15) is 5.56 Å². The van der Waals surface area contributed by atoms with Gasteiger partial charge in [0.25, 0.3) is 0 Å². The molecule has 0 unspecified atom stereocenters. The van der Waals surface area contributed by atoms with Crippen LogP contribution < -0.4 is 0 Å². The average Bonchev–Trinajstić information content (AvgIpc) is 2.25. The van der Waals surface area contributed by atoms with Gasteiger partial charge >= 0.3 is 0 Å². The average molecular weight is 205 g/mol. The monoisotopic (exact) mass is 205 g/mol. The van der Waals surface area contributed by atoms with Crippen molar-refractivity contribution in [3.8, 4) is 0 Å². The molecular weight excluding hydrogens is 190 g/mol. The fourth-order valence-corrected chi connectivity index (χ4v) is 1.12. The van der Waals surface area contributed by atoms with E-state index in [0.29, 0.717) is 12.5 Å². The summed E-state index contributed by atoms with van der Waals surface area (Å²) in [5.74, 6) is 0.564. The molecule has 0 aliphatic heterocycles. The fraction of sp³-hybridized carbons (Fsp3) is 0.250. The fourth-order valence-electron chi connectivity index (χ4n) is 1.12. The van der Waals surface area contributed by atoms with Crippen LogP contribution in [0.25, 0.3) is 0 Å². The molecule has 0 aromatic heterocycles. The van der Waals surface area contributed by atoms with Crippen LogP contribution in [0.5, 0.6) is 0 Å². The van der Waals surface area contributed by atoms with Crippen LogP contribution in [0.2, 0.25) is 0 Å². The third-order valence-corrected chi connectivity index (χ3v) is 1.88. The van der Waals surface area contributed by atoms with E-state index in [0.717, 1.165) is 11.8 Å². The van der Waals surface area contributed by atoms with Gasteiger partial charge in [0.15, 0.2) is 5.88 Å². The van der Waals surface area contributed by atoms with E-state index in [2.05, 4.69) is 0 Å². The highest BCUT2D eigenvalue weighted by Gasteiger charge is 2.00. The number of ether oxygens (including phenoxy) is 1. The number of carbonyl (C=O) groups excluding carboxylic acids is 1. The molecule has 0 radical (unpaired) electrons. The van der Waals surface area contributed by atoms with Crippen molar-refractivity contribution < 1.29 is 9.53 Å². The van der Waals surface area contributed by atoms with Crippen molar-refractivity contribution in [2.45, 2.75) is 6.61 Å². The van der Waals surface area contributed by atoms with Crippen LogP contribution in [-0.2, 0) is 16.1 Å². The first-order valence-corrected chi connectivity index (χ1v) is 4.73. The van der Waals surface area contributed by atoms with E-state index >= 15 is 0 Å². The highest BCUT2D eigenvalue weighted by molar-refractivity contribution is 5.65. The van der Waals surface area contributed by atoms with Gasteiger partial charge in [-0.2, -0.15) is 0 Å². The molecule has 0 saturated carbocycles. The zero-order valence-corrected chi connectivity index (χ0v) is 9.01. The Balaban J connectivity index is 2.55. The summed E-state index contributed by atoms with van der Waals surface area (Å²) in [7, 11) is 3.67. The highest BCUT2D eigenvalue weighted by atomic mass is 16.5. The largest absolute Gasteiger partial charge is 0.474 e. The standard InChI is InChI=1S/C12H15NO2/c1-13(2)12(8-9-14)15-10-11-6-4-3-5-7-11/h3-9H,10H2,1-2H3. The van der Waals surface area contributed by atoms with E-state index in [1.165, 1.54) is 6.08 Å². The molecule has 0 atom stereocenters. The number of carbonyl (C=O) groups is 1. The second kappa shape index (κ2) is 5.86. The second-order valence-electron chi connectivity index (χ2n) is 3.31. The van der Waals surface area contributed by atoms with E-state index in [9.17, 15) is 4.79 Å². The Morgan fingerprint density at radius 3 is 2.53 bits per heavy atom. The van der Waals surface area contributed by atoms with Crippen LogP contribution >= 0.6 is 0 Å². The minimum Gasteiger partial charge on any atom is -0.474 e. The zero-order chi connectivity index (χ0) is 11.1. The molecule has 0 aliphatic rings. The van der Waals surface area contributed by atoms with Crippen LogP contribution in [-0.4, -0.2) is 25.3 Å². The van der Waals surface area contributed by atoms with Gasteiger partial charge in [0, 0.05) is 20.2 Å². The minimum absolute atomic E-state index is 0.471. The number of hydrogen-bond acceptors (Lipinski definition) is 3. The normalized spacial score (nSPS) is 10.9. The van der Waals surface area contributed by atoms with Crippen molar-refractivity contribution in [3.05, 3.63) is 47.9 Å². The molecule has 1 rings (SSSR count). The summed E-state index contributed by atoms with van der Waals surface area (Å²) < 4.78 is 5.49. The van der Waals surface area contributed by atoms with Crippen LogP contribution in [0.3, 0.4) is 0 Å². The van der Waals surface area contributed by atoms with Crippen molar-refractivity contribution in [2.24, 2.45) is 0 Å². The van der Waals surface area contributed by atoms with Gasteiger partial charge in [-0.15, -0.1) is 0 Å².